The SMILES string of the molecule is CCCCCCCCCCCCCCCC(=O)O[C@H](COC(=O)CCCCCCCCCCC(C)C)COP(=O)(O)OC[C@H](O)COP(=O)(O)OC[C@@H](COC(=O)CCCCCCCCCCCCC(C)CC)OC(=O)CCCCCCCCCCCCCC(C)C. The van der Waals surface area contributed by atoms with Crippen molar-refractivity contribution in [2.45, 2.75) is 388 Å². The smallest absolute Gasteiger partial charge is 0.462 e. The van der Waals surface area contributed by atoms with Crippen molar-refractivity contribution >= 4 is 39.5 Å². The Morgan fingerprint density at radius 2 is 0.554 bits per heavy atom. The van der Waals surface area contributed by atoms with Crippen LogP contribution in [-0.2, 0) is 65.4 Å². The Kier molecular flexibility index (Phi) is 62.4. The third-order valence-electron chi connectivity index (χ3n) is 17.2. The predicted molar refractivity (Wildman–Crippen MR) is 372 cm³/mol. The number of hydrogen-bond donors (Lipinski definition) is 3. The van der Waals surface area contributed by atoms with Gasteiger partial charge in [-0.3, -0.25) is 37.3 Å². The van der Waals surface area contributed by atoms with Gasteiger partial charge in [-0.05, 0) is 43.4 Å². The van der Waals surface area contributed by atoms with Gasteiger partial charge < -0.3 is 33.8 Å². The highest BCUT2D eigenvalue weighted by Gasteiger charge is 2.30. The van der Waals surface area contributed by atoms with E-state index in [9.17, 15) is 43.2 Å². The molecule has 0 saturated heterocycles. The predicted octanol–water partition coefficient (Wildman–Crippen LogP) is 21.0. The van der Waals surface area contributed by atoms with Gasteiger partial charge in [-0.15, -0.1) is 0 Å². The normalized spacial score (nSPS) is 14.4. The molecular formula is C73H142O17P2. The highest BCUT2D eigenvalue weighted by atomic mass is 31.2. The minimum atomic E-state index is -4.95. The van der Waals surface area contributed by atoms with Crippen molar-refractivity contribution in [2.75, 3.05) is 39.6 Å². The molecule has 546 valence electrons. The largest absolute Gasteiger partial charge is 0.472 e. The van der Waals surface area contributed by atoms with Crippen LogP contribution in [0.3, 0.4) is 0 Å². The van der Waals surface area contributed by atoms with E-state index in [-0.39, 0.29) is 25.7 Å². The lowest BCUT2D eigenvalue weighted by molar-refractivity contribution is -0.161. The Hall–Kier alpha value is -1.94. The van der Waals surface area contributed by atoms with Gasteiger partial charge in [-0.2, -0.15) is 0 Å². The Morgan fingerprint density at radius 3 is 0.826 bits per heavy atom. The number of carbonyl (C=O) groups is 4. The van der Waals surface area contributed by atoms with Crippen LogP contribution in [0.2, 0.25) is 0 Å². The van der Waals surface area contributed by atoms with Crippen molar-refractivity contribution in [3.05, 3.63) is 0 Å². The van der Waals surface area contributed by atoms with Gasteiger partial charge in [-0.1, -0.05) is 318 Å². The summed E-state index contributed by atoms with van der Waals surface area (Å²) in [6.07, 6.45) is 48.4. The van der Waals surface area contributed by atoms with Gasteiger partial charge in [0.05, 0.1) is 26.4 Å². The molecule has 0 aromatic rings. The quantitative estimate of drug-likeness (QED) is 0.0222. The number of carbonyl (C=O) groups excluding carboxylic acids is 4. The molecule has 19 heteroatoms. The number of phosphoric ester groups is 2. The van der Waals surface area contributed by atoms with E-state index in [2.05, 4.69) is 48.5 Å². The van der Waals surface area contributed by atoms with E-state index in [0.29, 0.717) is 25.7 Å². The molecule has 0 aliphatic heterocycles. The summed E-state index contributed by atoms with van der Waals surface area (Å²) < 4.78 is 68.4. The van der Waals surface area contributed by atoms with Crippen molar-refractivity contribution in [3.8, 4) is 0 Å². The molecule has 3 unspecified atom stereocenters. The van der Waals surface area contributed by atoms with Crippen molar-refractivity contribution in [2.24, 2.45) is 17.8 Å². The van der Waals surface area contributed by atoms with E-state index in [0.717, 1.165) is 108 Å². The monoisotopic (exact) mass is 1350 g/mol. The van der Waals surface area contributed by atoms with E-state index < -0.39 is 97.5 Å². The number of phosphoric acid groups is 2. The van der Waals surface area contributed by atoms with Crippen molar-refractivity contribution in [1.82, 2.24) is 0 Å². The van der Waals surface area contributed by atoms with Crippen LogP contribution < -0.4 is 0 Å². The zero-order valence-corrected chi connectivity index (χ0v) is 61.8. The molecule has 0 aliphatic carbocycles. The van der Waals surface area contributed by atoms with E-state index in [1.165, 1.54) is 180 Å². The molecule has 0 fully saturated rings. The zero-order chi connectivity index (χ0) is 68.0. The number of rotatable bonds is 71. The summed E-state index contributed by atoms with van der Waals surface area (Å²) in [5.74, 6) is 0.181. The molecule has 0 aliphatic rings. The summed E-state index contributed by atoms with van der Waals surface area (Å²) in [7, 11) is -9.91. The Morgan fingerprint density at radius 1 is 0.315 bits per heavy atom. The first-order chi connectivity index (χ1) is 44.3. The standard InChI is InChI=1S/C73H142O17P2/c1-8-10-11-12-13-14-15-16-19-26-35-42-49-56-72(77)90-69(61-84-71(76)55-48-41-34-29-28-31-38-45-52-65(5)6)63-88-92(81,82)86-59-67(74)58-85-91(79,80)87-62-68(89-73(78)57-50-43-36-27-20-17-18-23-30-37-44-51-64(3)4)60-83-70(75)54-47-40-33-25-22-21-24-32-39-46-53-66(7)9-2/h64-69,74H,8-63H2,1-7H3,(H,79,80)(H,81,82)/t66?,67-,68-,69-/m1/s1. The van der Waals surface area contributed by atoms with Crippen molar-refractivity contribution in [3.63, 3.8) is 0 Å². The van der Waals surface area contributed by atoms with Gasteiger partial charge in [0.2, 0.25) is 0 Å². The fourth-order valence-corrected chi connectivity index (χ4v) is 12.6. The van der Waals surface area contributed by atoms with Crippen LogP contribution in [0, 0.1) is 17.8 Å². The van der Waals surface area contributed by atoms with Crippen LogP contribution in [-0.4, -0.2) is 96.7 Å². The van der Waals surface area contributed by atoms with Crippen molar-refractivity contribution in [1.29, 1.82) is 0 Å². The first-order valence-corrected chi connectivity index (χ1v) is 40.9. The number of aliphatic hydroxyl groups is 1. The van der Waals surface area contributed by atoms with E-state index in [1.807, 2.05) is 0 Å². The summed E-state index contributed by atoms with van der Waals surface area (Å²) in [4.78, 5) is 72.7. The average molecular weight is 1350 g/mol. The second kappa shape index (κ2) is 63.8. The molecule has 92 heavy (non-hydrogen) atoms. The zero-order valence-electron chi connectivity index (χ0n) is 60.0. The van der Waals surface area contributed by atoms with Crippen LogP contribution in [0.25, 0.3) is 0 Å². The number of esters is 4. The molecule has 0 heterocycles. The van der Waals surface area contributed by atoms with Gasteiger partial charge in [0.15, 0.2) is 12.2 Å². The third kappa shape index (κ3) is 65.4. The number of aliphatic hydroxyl groups excluding tert-OH is 1. The van der Waals surface area contributed by atoms with Gasteiger partial charge in [-0.25, -0.2) is 9.13 Å². The van der Waals surface area contributed by atoms with E-state index in [1.54, 1.807) is 0 Å². The first-order valence-electron chi connectivity index (χ1n) is 37.9. The Labute approximate surface area is 562 Å². The van der Waals surface area contributed by atoms with Gasteiger partial charge in [0.25, 0.3) is 0 Å². The fourth-order valence-electron chi connectivity index (χ4n) is 11.0. The number of ether oxygens (including phenoxy) is 4. The van der Waals surface area contributed by atoms with Gasteiger partial charge in [0, 0.05) is 25.7 Å². The lowest BCUT2D eigenvalue weighted by Gasteiger charge is -2.21. The topological polar surface area (TPSA) is 237 Å². The molecule has 0 aromatic carbocycles. The molecule has 0 bridgehead atoms. The van der Waals surface area contributed by atoms with Crippen LogP contribution >= 0.6 is 15.6 Å². The van der Waals surface area contributed by atoms with Crippen LogP contribution in [0.4, 0.5) is 0 Å². The van der Waals surface area contributed by atoms with Crippen molar-refractivity contribution < 1.29 is 80.2 Å². The van der Waals surface area contributed by atoms with Crippen LogP contribution in [0.15, 0.2) is 0 Å². The summed E-state index contributed by atoms with van der Waals surface area (Å²) in [5.41, 5.74) is 0. The highest BCUT2D eigenvalue weighted by Crippen LogP contribution is 2.45. The third-order valence-corrected chi connectivity index (χ3v) is 19.1. The molecule has 6 atom stereocenters. The Bertz CT molecular complexity index is 1800. The first kappa shape index (κ1) is 90.1. The molecule has 17 nitrogen and oxygen atoms in total. The molecule has 3 N–H and O–H groups in total. The summed E-state index contributed by atoms with van der Waals surface area (Å²) in [5, 5.41) is 10.6. The summed E-state index contributed by atoms with van der Waals surface area (Å²) in [6.45, 7) is 11.9. The molecule has 0 amide bonds. The second-order valence-corrected chi connectivity index (χ2v) is 30.4. The van der Waals surface area contributed by atoms with Gasteiger partial charge in [0.1, 0.15) is 19.3 Å². The molecule has 0 rings (SSSR count). The average Bonchev–Trinajstić information content (AvgIpc) is 2.94. The lowest BCUT2D eigenvalue weighted by atomic mass is 9.99. The number of unbranched alkanes of at least 4 members (excludes halogenated alkanes) is 38. The van der Waals surface area contributed by atoms with E-state index >= 15 is 0 Å². The Balaban J connectivity index is 5.27. The molecule has 0 aromatic heterocycles. The van der Waals surface area contributed by atoms with E-state index in [4.69, 9.17) is 37.0 Å². The lowest BCUT2D eigenvalue weighted by Crippen LogP contribution is -2.30. The molecule has 0 spiro atoms. The maximum absolute atomic E-state index is 13.1. The summed E-state index contributed by atoms with van der Waals surface area (Å²) >= 11 is 0. The molecule has 0 radical (unpaired) electrons. The van der Waals surface area contributed by atoms with Crippen LogP contribution in [0.5, 0.6) is 0 Å². The molecule has 0 saturated carbocycles. The summed E-state index contributed by atoms with van der Waals surface area (Å²) in [6, 6.07) is 0. The maximum Gasteiger partial charge on any atom is 0.472 e. The maximum atomic E-state index is 13.1. The highest BCUT2D eigenvalue weighted by molar-refractivity contribution is 7.47. The molecular weight excluding hydrogens is 1210 g/mol. The minimum absolute atomic E-state index is 0.106. The number of hydrogen-bond acceptors (Lipinski definition) is 15. The minimum Gasteiger partial charge on any atom is -0.462 e. The second-order valence-electron chi connectivity index (χ2n) is 27.5. The fraction of sp³-hybridized carbons (Fsp3) is 0.945. The van der Waals surface area contributed by atoms with Gasteiger partial charge >= 0.3 is 39.5 Å². The van der Waals surface area contributed by atoms with Crippen LogP contribution in [0.1, 0.15) is 370 Å².